The van der Waals surface area contributed by atoms with Crippen LogP contribution < -0.4 is 20.3 Å². The molecule has 2 N–H and O–H groups in total. The minimum absolute atomic E-state index is 0.00157. The van der Waals surface area contributed by atoms with Crippen molar-refractivity contribution in [2.45, 2.75) is 52.4 Å². The molecule has 202 valence electrons. The highest BCUT2D eigenvalue weighted by Gasteiger charge is 2.33. The van der Waals surface area contributed by atoms with E-state index in [1.807, 2.05) is 13.0 Å². The van der Waals surface area contributed by atoms with Crippen LogP contribution in [-0.4, -0.2) is 48.3 Å². The van der Waals surface area contributed by atoms with Crippen molar-refractivity contribution < 1.29 is 27.4 Å². The molecule has 8 nitrogen and oxygen atoms in total. The number of anilines is 3. The molecule has 0 unspecified atom stereocenters. The van der Waals surface area contributed by atoms with E-state index in [0.717, 1.165) is 53.1 Å². The Kier molecular flexibility index (Phi) is 6.81. The smallest absolute Gasteiger partial charge is 0.416 e. The van der Waals surface area contributed by atoms with Gasteiger partial charge >= 0.3 is 6.18 Å². The molecule has 0 bridgehead atoms. The molecule has 5 rings (SSSR count). The van der Waals surface area contributed by atoms with Crippen molar-refractivity contribution in [3.05, 3.63) is 46.8 Å². The molecule has 0 saturated carbocycles. The second kappa shape index (κ2) is 9.94. The average molecular weight is 530 g/mol. The van der Waals surface area contributed by atoms with Crippen LogP contribution >= 0.6 is 0 Å². The predicted octanol–water partition coefficient (Wildman–Crippen LogP) is 5.25. The van der Waals surface area contributed by atoms with Gasteiger partial charge in [-0.05, 0) is 50.6 Å². The fourth-order valence-corrected chi connectivity index (χ4v) is 5.04. The zero-order valence-corrected chi connectivity index (χ0v) is 21.7. The first-order valence-corrected chi connectivity index (χ1v) is 12.6. The van der Waals surface area contributed by atoms with Crippen LogP contribution in [0.4, 0.5) is 30.4 Å². The highest BCUT2D eigenvalue weighted by Crippen LogP contribution is 2.45. The van der Waals surface area contributed by atoms with Crippen LogP contribution in [0, 0.1) is 6.92 Å². The molecule has 2 aliphatic heterocycles. The number of aryl methyl sites for hydroxylation is 1. The summed E-state index contributed by atoms with van der Waals surface area (Å²) in [5.74, 6) is 1.43. The van der Waals surface area contributed by atoms with Crippen molar-refractivity contribution in [3.8, 4) is 5.75 Å². The highest BCUT2D eigenvalue weighted by atomic mass is 19.4. The second-order valence-corrected chi connectivity index (χ2v) is 9.84. The topological polar surface area (TPSA) is 88.6 Å². The summed E-state index contributed by atoms with van der Waals surface area (Å²) < 4.78 is 52.7. The molecule has 1 saturated heterocycles. The third-order valence-corrected chi connectivity index (χ3v) is 6.75. The number of carbonyl (C=O) groups excluding carboxylic acids is 1. The largest absolute Gasteiger partial charge is 0.488 e. The average Bonchev–Trinajstić information content (AvgIpc) is 3.24. The summed E-state index contributed by atoms with van der Waals surface area (Å²) >= 11 is 0. The van der Waals surface area contributed by atoms with Gasteiger partial charge in [-0.15, -0.1) is 0 Å². The Morgan fingerprint density at radius 2 is 1.89 bits per heavy atom. The number of rotatable bonds is 5. The number of nitrogens with zero attached hydrogens (tertiary/aromatic N) is 3. The van der Waals surface area contributed by atoms with Gasteiger partial charge in [-0.1, -0.05) is 0 Å². The summed E-state index contributed by atoms with van der Waals surface area (Å²) in [7, 11) is 0. The van der Waals surface area contributed by atoms with Crippen LogP contribution in [0.2, 0.25) is 0 Å². The summed E-state index contributed by atoms with van der Waals surface area (Å²) in [4.78, 5) is 23.2. The van der Waals surface area contributed by atoms with E-state index in [0.29, 0.717) is 36.8 Å². The number of aromatic nitrogens is 2. The Labute approximate surface area is 218 Å². The first kappa shape index (κ1) is 26.0. The number of morpholine rings is 1. The van der Waals surface area contributed by atoms with E-state index in [9.17, 15) is 18.0 Å². The summed E-state index contributed by atoms with van der Waals surface area (Å²) in [6, 6.07) is 5.00. The van der Waals surface area contributed by atoms with Crippen molar-refractivity contribution >= 4 is 34.0 Å². The van der Waals surface area contributed by atoms with Crippen LogP contribution in [-0.2, 0) is 22.1 Å². The van der Waals surface area contributed by atoms with Gasteiger partial charge < -0.3 is 25.0 Å². The minimum Gasteiger partial charge on any atom is -0.488 e. The highest BCUT2D eigenvalue weighted by molar-refractivity contribution is 5.97. The lowest BCUT2D eigenvalue weighted by Crippen LogP contribution is -2.36. The zero-order chi connectivity index (χ0) is 27.2. The Balaban J connectivity index is 1.59. The van der Waals surface area contributed by atoms with Crippen molar-refractivity contribution in [3.63, 3.8) is 0 Å². The van der Waals surface area contributed by atoms with Crippen LogP contribution in [0.1, 0.15) is 49.3 Å². The number of ether oxygens (including phenoxy) is 2. The molecule has 2 aromatic carbocycles. The number of halogens is 3. The number of alkyl halides is 3. The maximum Gasteiger partial charge on any atom is 0.416 e. The van der Waals surface area contributed by atoms with E-state index in [4.69, 9.17) is 14.5 Å². The molecular formula is C27H30F3N5O3. The van der Waals surface area contributed by atoms with Crippen molar-refractivity contribution in [2.75, 3.05) is 41.8 Å². The maximum absolute atomic E-state index is 13.6. The number of benzene rings is 2. The molecule has 0 aliphatic carbocycles. The molecule has 1 amide bonds. The van der Waals surface area contributed by atoms with Crippen LogP contribution in [0.15, 0.2) is 24.3 Å². The first-order chi connectivity index (χ1) is 18.0. The fraction of sp³-hybridized carbons (Fsp3) is 0.444. The third-order valence-electron chi connectivity index (χ3n) is 6.75. The van der Waals surface area contributed by atoms with Gasteiger partial charge in [0.05, 0.1) is 36.0 Å². The fourth-order valence-electron chi connectivity index (χ4n) is 5.04. The standard InChI is InChI=1S/C27H30F3N5O3/c1-14-9-21-24-22(13-23(25(21)38-14)35-5-7-37-8-6-35)26(33-16(3)32-24)31-15(2)18-10-19(27(28,29)30)12-20(11-18)34-17(4)36/h10-15H,5-9H2,1-4H3,(H,34,36)(H,31,32,33)/t14-,15-/m1/s1. The molecule has 1 aromatic heterocycles. The summed E-state index contributed by atoms with van der Waals surface area (Å²) in [5, 5.41) is 6.56. The summed E-state index contributed by atoms with van der Waals surface area (Å²) in [6.45, 7) is 9.49. The van der Waals surface area contributed by atoms with Crippen molar-refractivity contribution in [1.29, 1.82) is 0 Å². The van der Waals surface area contributed by atoms with Gasteiger partial charge in [-0.25, -0.2) is 9.97 Å². The molecule has 38 heavy (non-hydrogen) atoms. The zero-order valence-electron chi connectivity index (χ0n) is 21.7. The summed E-state index contributed by atoms with van der Waals surface area (Å²) in [5.41, 5.74) is 2.32. The van der Waals surface area contributed by atoms with Gasteiger partial charge in [0.1, 0.15) is 23.5 Å². The molecular weight excluding hydrogens is 499 g/mol. The molecule has 0 radical (unpaired) electrons. The number of carbonyl (C=O) groups is 1. The van der Waals surface area contributed by atoms with Crippen LogP contribution in [0.5, 0.6) is 5.75 Å². The third kappa shape index (κ3) is 5.20. The predicted molar refractivity (Wildman–Crippen MR) is 139 cm³/mol. The lowest BCUT2D eigenvalue weighted by Gasteiger charge is -2.30. The van der Waals surface area contributed by atoms with Crippen LogP contribution in [0.3, 0.4) is 0 Å². The molecule has 2 aliphatic rings. The quantitative estimate of drug-likeness (QED) is 0.467. The molecule has 1 fully saturated rings. The Hall–Kier alpha value is -3.60. The van der Waals surface area contributed by atoms with E-state index >= 15 is 0 Å². The number of nitrogens with one attached hydrogen (secondary N) is 2. The van der Waals surface area contributed by atoms with E-state index < -0.39 is 23.7 Å². The first-order valence-electron chi connectivity index (χ1n) is 12.6. The van der Waals surface area contributed by atoms with E-state index in [2.05, 4.69) is 20.5 Å². The molecule has 0 spiro atoms. The van der Waals surface area contributed by atoms with Gasteiger partial charge in [0, 0.05) is 43.1 Å². The lowest BCUT2D eigenvalue weighted by atomic mass is 10.0. The van der Waals surface area contributed by atoms with Gasteiger partial charge in [-0.2, -0.15) is 13.2 Å². The van der Waals surface area contributed by atoms with E-state index in [-0.39, 0.29) is 11.8 Å². The number of hydrogen-bond donors (Lipinski definition) is 2. The van der Waals surface area contributed by atoms with E-state index in [1.165, 1.54) is 13.0 Å². The molecule has 11 heteroatoms. The van der Waals surface area contributed by atoms with Crippen molar-refractivity contribution in [1.82, 2.24) is 9.97 Å². The molecule has 3 heterocycles. The lowest BCUT2D eigenvalue weighted by molar-refractivity contribution is -0.137. The normalized spacial score (nSPS) is 18.2. The number of fused-ring (bicyclic) bond motifs is 3. The Bertz CT molecular complexity index is 1390. The van der Waals surface area contributed by atoms with Gasteiger partial charge in [0.2, 0.25) is 5.91 Å². The van der Waals surface area contributed by atoms with Gasteiger partial charge in [0.15, 0.2) is 0 Å². The molecule has 2 atom stereocenters. The maximum atomic E-state index is 13.6. The summed E-state index contributed by atoms with van der Waals surface area (Å²) in [6.07, 6.45) is -3.87. The van der Waals surface area contributed by atoms with Crippen LogP contribution in [0.25, 0.3) is 10.9 Å². The monoisotopic (exact) mass is 529 g/mol. The van der Waals surface area contributed by atoms with Gasteiger partial charge in [-0.3, -0.25) is 4.79 Å². The Morgan fingerprint density at radius 3 is 2.58 bits per heavy atom. The number of hydrogen-bond acceptors (Lipinski definition) is 7. The number of amides is 1. The Morgan fingerprint density at radius 1 is 1.16 bits per heavy atom. The molecule has 3 aromatic rings. The second-order valence-electron chi connectivity index (χ2n) is 9.84. The van der Waals surface area contributed by atoms with Gasteiger partial charge in [0.25, 0.3) is 0 Å². The van der Waals surface area contributed by atoms with E-state index in [1.54, 1.807) is 13.8 Å². The van der Waals surface area contributed by atoms with Crippen molar-refractivity contribution in [2.24, 2.45) is 0 Å². The SMILES string of the molecule is CC(=O)Nc1cc([C@@H](C)Nc2nc(C)nc3c4c(c(N5CCOCC5)cc23)O[C@H](C)C4)cc(C(F)(F)F)c1. The minimum atomic E-state index is -4.56.